The van der Waals surface area contributed by atoms with Gasteiger partial charge in [0, 0.05) is 13.1 Å². The fourth-order valence-corrected chi connectivity index (χ4v) is 1.44. The lowest BCUT2D eigenvalue weighted by Crippen LogP contribution is -2.45. The maximum Gasteiger partial charge on any atom is 0.239 e. The molecular weight excluding hydrogens is 168 g/mol. The molecule has 1 rings (SSSR count). The standard InChI is InChI=1S/C9H18N2O2/c1-6(2)8(10)9(13)11-4-3-7(12)5-11/h6-8,12H,3-5,10H2,1-2H3/t7-,8+/m0/s1. The molecule has 1 aliphatic rings. The van der Waals surface area contributed by atoms with Crippen molar-refractivity contribution in [2.75, 3.05) is 13.1 Å². The van der Waals surface area contributed by atoms with Gasteiger partial charge < -0.3 is 15.7 Å². The van der Waals surface area contributed by atoms with Crippen molar-refractivity contribution in [3.8, 4) is 0 Å². The number of carbonyl (C=O) groups is 1. The highest BCUT2D eigenvalue weighted by molar-refractivity contribution is 5.82. The summed E-state index contributed by atoms with van der Waals surface area (Å²) >= 11 is 0. The molecule has 1 aliphatic heterocycles. The second-order valence-corrected chi connectivity index (χ2v) is 4.00. The predicted octanol–water partition coefficient (Wildman–Crippen LogP) is -0.437. The summed E-state index contributed by atoms with van der Waals surface area (Å²) in [4.78, 5) is 13.3. The molecule has 1 heterocycles. The predicted molar refractivity (Wildman–Crippen MR) is 50.0 cm³/mol. The van der Waals surface area contributed by atoms with Gasteiger partial charge in [0.15, 0.2) is 0 Å². The van der Waals surface area contributed by atoms with Crippen LogP contribution in [0.2, 0.25) is 0 Å². The van der Waals surface area contributed by atoms with Gasteiger partial charge in [-0.15, -0.1) is 0 Å². The van der Waals surface area contributed by atoms with Gasteiger partial charge >= 0.3 is 0 Å². The third-order valence-electron chi connectivity index (χ3n) is 2.48. The molecule has 3 N–H and O–H groups in total. The molecule has 4 heteroatoms. The van der Waals surface area contributed by atoms with Crippen molar-refractivity contribution in [1.82, 2.24) is 4.90 Å². The summed E-state index contributed by atoms with van der Waals surface area (Å²) in [5.41, 5.74) is 5.71. The van der Waals surface area contributed by atoms with E-state index in [2.05, 4.69) is 0 Å². The molecule has 2 atom stereocenters. The van der Waals surface area contributed by atoms with E-state index in [1.807, 2.05) is 13.8 Å². The Kier molecular flexibility index (Phi) is 3.27. The van der Waals surface area contributed by atoms with E-state index in [-0.39, 0.29) is 17.9 Å². The Morgan fingerprint density at radius 2 is 2.23 bits per heavy atom. The van der Waals surface area contributed by atoms with Crippen LogP contribution in [0.3, 0.4) is 0 Å². The number of amides is 1. The van der Waals surface area contributed by atoms with Crippen LogP contribution in [0, 0.1) is 5.92 Å². The molecule has 0 aliphatic carbocycles. The highest BCUT2D eigenvalue weighted by Gasteiger charge is 2.29. The van der Waals surface area contributed by atoms with Gasteiger partial charge in [0.05, 0.1) is 12.1 Å². The Labute approximate surface area is 78.7 Å². The molecule has 1 fully saturated rings. The molecule has 1 saturated heterocycles. The molecule has 0 spiro atoms. The summed E-state index contributed by atoms with van der Waals surface area (Å²) in [5.74, 6) is 0.122. The average Bonchev–Trinajstić information content (AvgIpc) is 2.49. The van der Waals surface area contributed by atoms with Gasteiger partial charge in [-0.3, -0.25) is 4.79 Å². The normalized spacial score (nSPS) is 25.3. The molecule has 0 aromatic carbocycles. The zero-order valence-electron chi connectivity index (χ0n) is 8.23. The van der Waals surface area contributed by atoms with Crippen LogP contribution in [-0.2, 0) is 4.79 Å². The number of aliphatic hydroxyl groups is 1. The van der Waals surface area contributed by atoms with Crippen LogP contribution in [-0.4, -0.2) is 41.1 Å². The number of carbonyl (C=O) groups excluding carboxylic acids is 1. The maximum atomic E-state index is 11.6. The largest absolute Gasteiger partial charge is 0.391 e. The number of nitrogens with two attached hydrogens (primary N) is 1. The van der Waals surface area contributed by atoms with Gasteiger partial charge in [0.2, 0.25) is 5.91 Å². The smallest absolute Gasteiger partial charge is 0.239 e. The van der Waals surface area contributed by atoms with Crippen LogP contribution in [0.25, 0.3) is 0 Å². The van der Waals surface area contributed by atoms with Gasteiger partial charge in [0.1, 0.15) is 0 Å². The SMILES string of the molecule is CC(C)[C@@H](N)C(=O)N1CC[C@H](O)C1. The maximum absolute atomic E-state index is 11.6. The second kappa shape index (κ2) is 4.07. The van der Waals surface area contributed by atoms with Gasteiger partial charge in [0.25, 0.3) is 0 Å². The summed E-state index contributed by atoms with van der Waals surface area (Å²) in [6, 6.07) is -0.426. The van der Waals surface area contributed by atoms with E-state index in [0.717, 1.165) is 0 Å². The molecule has 13 heavy (non-hydrogen) atoms. The van der Waals surface area contributed by atoms with Crippen LogP contribution in [0.1, 0.15) is 20.3 Å². The monoisotopic (exact) mass is 186 g/mol. The first kappa shape index (κ1) is 10.5. The first-order valence-electron chi connectivity index (χ1n) is 4.74. The molecule has 0 radical (unpaired) electrons. The van der Waals surface area contributed by atoms with Crippen LogP contribution in [0.4, 0.5) is 0 Å². The van der Waals surface area contributed by atoms with Crippen LogP contribution in [0.15, 0.2) is 0 Å². The van der Waals surface area contributed by atoms with E-state index in [1.165, 1.54) is 0 Å². The van der Waals surface area contributed by atoms with Gasteiger partial charge in [-0.2, -0.15) is 0 Å². The number of nitrogens with zero attached hydrogens (tertiary/aromatic N) is 1. The minimum absolute atomic E-state index is 0.0356. The van der Waals surface area contributed by atoms with E-state index >= 15 is 0 Å². The Bertz CT molecular complexity index is 194. The minimum atomic E-state index is -0.426. The second-order valence-electron chi connectivity index (χ2n) is 4.00. The number of likely N-dealkylation sites (tertiary alicyclic amines) is 1. The highest BCUT2D eigenvalue weighted by atomic mass is 16.3. The Hall–Kier alpha value is -0.610. The molecule has 0 unspecified atom stereocenters. The van der Waals surface area contributed by atoms with Gasteiger partial charge in [-0.1, -0.05) is 13.8 Å². The van der Waals surface area contributed by atoms with Crippen molar-refractivity contribution in [3.05, 3.63) is 0 Å². The number of aliphatic hydroxyl groups excluding tert-OH is 1. The third-order valence-corrected chi connectivity index (χ3v) is 2.48. The molecular formula is C9H18N2O2. The van der Waals surface area contributed by atoms with Crippen molar-refractivity contribution >= 4 is 5.91 Å². The minimum Gasteiger partial charge on any atom is -0.391 e. The first-order valence-corrected chi connectivity index (χ1v) is 4.74. The van der Waals surface area contributed by atoms with Crippen molar-refractivity contribution in [1.29, 1.82) is 0 Å². The lowest BCUT2D eigenvalue weighted by atomic mass is 10.0. The third kappa shape index (κ3) is 2.42. The Balaban J connectivity index is 2.48. The number of hydrogen-bond acceptors (Lipinski definition) is 3. The van der Waals surface area contributed by atoms with Crippen LogP contribution >= 0.6 is 0 Å². The molecule has 4 nitrogen and oxygen atoms in total. The Morgan fingerprint density at radius 3 is 2.62 bits per heavy atom. The first-order chi connectivity index (χ1) is 6.02. The van der Waals surface area contributed by atoms with Crippen LogP contribution in [0.5, 0.6) is 0 Å². The summed E-state index contributed by atoms with van der Waals surface area (Å²) in [6.07, 6.45) is 0.319. The van der Waals surface area contributed by atoms with E-state index < -0.39 is 6.04 Å². The van der Waals surface area contributed by atoms with E-state index in [9.17, 15) is 9.90 Å². The molecule has 0 bridgehead atoms. The molecule has 76 valence electrons. The van der Waals surface area contributed by atoms with Crippen LogP contribution < -0.4 is 5.73 Å². The highest BCUT2D eigenvalue weighted by Crippen LogP contribution is 2.12. The van der Waals surface area contributed by atoms with Gasteiger partial charge in [-0.25, -0.2) is 0 Å². The zero-order valence-corrected chi connectivity index (χ0v) is 8.23. The fraction of sp³-hybridized carbons (Fsp3) is 0.889. The fourth-order valence-electron chi connectivity index (χ4n) is 1.44. The molecule has 0 saturated carbocycles. The Morgan fingerprint density at radius 1 is 1.62 bits per heavy atom. The van der Waals surface area contributed by atoms with Gasteiger partial charge in [-0.05, 0) is 12.3 Å². The topological polar surface area (TPSA) is 66.6 Å². The van der Waals surface area contributed by atoms with Crippen molar-refractivity contribution < 1.29 is 9.90 Å². The summed E-state index contributed by atoms with van der Waals surface area (Å²) in [7, 11) is 0. The molecule has 0 aromatic rings. The lowest BCUT2D eigenvalue weighted by molar-refractivity contribution is -0.132. The average molecular weight is 186 g/mol. The summed E-state index contributed by atoms with van der Waals surface area (Å²) < 4.78 is 0. The van der Waals surface area contributed by atoms with E-state index in [1.54, 1.807) is 4.90 Å². The van der Waals surface area contributed by atoms with E-state index in [0.29, 0.717) is 19.5 Å². The quantitative estimate of drug-likeness (QED) is 0.614. The number of hydrogen-bond donors (Lipinski definition) is 2. The zero-order chi connectivity index (χ0) is 10.0. The summed E-state index contributed by atoms with van der Waals surface area (Å²) in [5, 5.41) is 9.23. The molecule has 0 aromatic heterocycles. The van der Waals surface area contributed by atoms with E-state index in [4.69, 9.17) is 5.73 Å². The number of rotatable bonds is 2. The number of β-amino-alcohol motifs (C(OH)–C–C–N with tert-alkyl or cyclic N) is 1. The summed E-state index contributed by atoms with van der Waals surface area (Å²) in [6.45, 7) is 4.93. The van der Waals surface area contributed by atoms with Crippen molar-refractivity contribution in [2.24, 2.45) is 11.7 Å². The lowest BCUT2D eigenvalue weighted by Gasteiger charge is -2.22. The molecule has 1 amide bonds. The van der Waals surface area contributed by atoms with Crippen molar-refractivity contribution in [3.63, 3.8) is 0 Å². The van der Waals surface area contributed by atoms with Crippen molar-refractivity contribution in [2.45, 2.75) is 32.4 Å².